The quantitative estimate of drug-likeness (QED) is 0.573. The predicted molar refractivity (Wildman–Crippen MR) is 125 cm³/mol. The fourth-order valence-electron chi connectivity index (χ4n) is 3.62. The van der Waals surface area contributed by atoms with E-state index in [0.717, 1.165) is 11.8 Å². The molecule has 1 aliphatic heterocycles. The van der Waals surface area contributed by atoms with Gasteiger partial charge in [0.2, 0.25) is 5.91 Å². The molecule has 0 aromatic heterocycles. The normalized spacial score (nSPS) is 16.2. The molecule has 0 spiro atoms. The number of ether oxygens (including phenoxy) is 3. The van der Waals surface area contributed by atoms with Crippen molar-refractivity contribution in [3.63, 3.8) is 0 Å². The van der Waals surface area contributed by atoms with Crippen LogP contribution in [0.5, 0.6) is 5.75 Å². The van der Waals surface area contributed by atoms with Crippen LogP contribution in [0.2, 0.25) is 0 Å². The summed E-state index contributed by atoms with van der Waals surface area (Å²) in [7, 11) is 1.59. The summed E-state index contributed by atoms with van der Waals surface area (Å²) in [5, 5.41) is 0. The lowest BCUT2D eigenvalue weighted by molar-refractivity contribution is -0.153. The monoisotopic (exact) mass is 462 g/mol. The van der Waals surface area contributed by atoms with E-state index in [-0.39, 0.29) is 19.1 Å². The number of piperidine rings is 1. The molecule has 1 aromatic carbocycles. The minimum Gasteiger partial charge on any atom is -0.497 e. The van der Waals surface area contributed by atoms with Crippen molar-refractivity contribution in [2.75, 3.05) is 26.8 Å². The number of rotatable bonds is 7. The van der Waals surface area contributed by atoms with E-state index in [4.69, 9.17) is 14.2 Å². The molecule has 2 rings (SSSR count). The van der Waals surface area contributed by atoms with E-state index in [1.807, 2.05) is 65.8 Å². The largest absolute Gasteiger partial charge is 0.497 e. The maximum Gasteiger partial charge on any atom is 0.410 e. The van der Waals surface area contributed by atoms with Crippen molar-refractivity contribution >= 4 is 18.3 Å². The lowest BCUT2D eigenvalue weighted by atomic mass is 9.86. The highest BCUT2D eigenvalue weighted by atomic mass is 16.6. The van der Waals surface area contributed by atoms with Gasteiger partial charge < -0.3 is 28.8 Å². The molecule has 0 aliphatic carbocycles. The minimum absolute atomic E-state index is 0.134. The number of methoxy groups -OCH3 is 1. The van der Waals surface area contributed by atoms with Crippen molar-refractivity contribution in [3.8, 4) is 5.75 Å². The molecule has 0 radical (unpaired) electrons. The van der Waals surface area contributed by atoms with Crippen LogP contribution in [0.1, 0.15) is 59.9 Å². The number of carbonyl (C=O) groups excluding carboxylic acids is 3. The summed E-state index contributed by atoms with van der Waals surface area (Å²) in [6.07, 6.45) is 1.09. The van der Waals surface area contributed by atoms with Crippen molar-refractivity contribution in [1.29, 1.82) is 0 Å². The number of hydrogen-bond donors (Lipinski definition) is 0. The van der Waals surface area contributed by atoms with Crippen molar-refractivity contribution in [1.82, 2.24) is 9.80 Å². The van der Waals surface area contributed by atoms with Gasteiger partial charge in [0.25, 0.3) is 0 Å². The van der Waals surface area contributed by atoms with Crippen LogP contribution in [0.25, 0.3) is 0 Å². The van der Waals surface area contributed by atoms with Gasteiger partial charge in [0, 0.05) is 19.6 Å². The van der Waals surface area contributed by atoms with E-state index in [2.05, 4.69) is 0 Å². The van der Waals surface area contributed by atoms with E-state index in [0.29, 0.717) is 31.7 Å². The lowest BCUT2D eigenvalue weighted by Gasteiger charge is -2.45. The molecule has 2 amide bonds. The molecule has 1 saturated heterocycles. The average Bonchev–Trinajstić information content (AvgIpc) is 2.74. The third-order valence-electron chi connectivity index (χ3n) is 5.47. The number of benzene rings is 1. The SMILES string of the molecule is COc1ccc(CN(C(=O)COC(C)(C)C)C2(C=O)CCN(C(=O)OC(C)(C)C)CC2)cc1. The van der Waals surface area contributed by atoms with Crippen LogP contribution in [0, 0.1) is 0 Å². The van der Waals surface area contributed by atoms with Crippen LogP contribution in [-0.2, 0) is 25.6 Å². The highest BCUT2D eigenvalue weighted by molar-refractivity contribution is 5.83. The first-order valence-corrected chi connectivity index (χ1v) is 11.3. The minimum atomic E-state index is -1.03. The van der Waals surface area contributed by atoms with Crippen LogP contribution in [-0.4, -0.2) is 71.6 Å². The molecule has 33 heavy (non-hydrogen) atoms. The van der Waals surface area contributed by atoms with Crippen molar-refractivity contribution in [3.05, 3.63) is 29.8 Å². The number of likely N-dealkylation sites (tertiary alicyclic amines) is 1. The maximum atomic E-state index is 13.3. The molecule has 1 aromatic rings. The van der Waals surface area contributed by atoms with Gasteiger partial charge in [0.05, 0.1) is 12.7 Å². The average molecular weight is 463 g/mol. The molecular formula is C25H38N2O6. The summed E-state index contributed by atoms with van der Waals surface area (Å²) < 4.78 is 16.4. The Hall–Kier alpha value is -2.61. The second kappa shape index (κ2) is 10.5. The molecular weight excluding hydrogens is 424 g/mol. The first-order chi connectivity index (χ1) is 15.3. The smallest absolute Gasteiger partial charge is 0.410 e. The Kier molecular flexibility index (Phi) is 8.52. The van der Waals surface area contributed by atoms with Gasteiger partial charge in [-0.2, -0.15) is 0 Å². The fraction of sp³-hybridized carbons (Fsp3) is 0.640. The molecule has 0 atom stereocenters. The second-order valence-corrected chi connectivity index (χ2v) is 10.4. The van der Waals surface area contributed by atoms with Gasteiger partial charge in [-0.3, -0.25) is 4.79 Å². The Morgan fingerprint density at radius 1 is 1.03 bits per heavy atom. The first kappa shape index (κ1) is 26.6. The molecule has 0 unspecified atom stereocenters. The third kappa shape index (κ3) is 7.74. The van der Waals surface area contributed by atoms with E-state index in [9.17, 15) is 14.4 Å². The van der Waals surface area contributed by atoms with Crippen LogP contribution in [0.3, 0.4) is 0 Å². The number of hydrogen-bond acceptors (Lipinski definition) is 6. The molecule has 0 N–H and O–H groups in total. The van der Waals surface area contributed by atoms with Gasteiger partial charge >= 0.3 is 6.09 Å². The van der Waals surface area contributed by atoms with Gasteiger partial charge in [-0.25, -0.2) is 4.79 Å². The lowest BCUT2D eigenvalue weighted by Crippen LogP contribution is -2.60. The Morgan fingerprint density at radius 3 is 2.06 bits per heavy atom. The Bertz CT molecular complexity index is 815. The van der Waals surface area contributed by atoms with E-state index < -0.39 is 22.8 Å². The third-order valence-corrected chi connectivity index (χ3v) is 5.47. The number of nitrogens with zero attached hydrogens (tertiary/aromatic N) is 2. The zero-order valence-corrected chi connectivity index (χ0v) is 21.0. The van der Waals surface area contributed by atoms with Crippen LogP contribution >= 0.6 is 0 Å². The van der Waals surface area contributed by atoms with Crippen LogP contribution in [0.4, 0.5) is 4.79 Å². The second-order valence-electron chi connectivity index (χ2n) is 10.4. The van der Waals surface area contributed by atoms with E-state index in [1.165, 1.54) is 0 Å². The molecule has 1 fully saturated rings. The standard InChI is InChI=1S/C25H38N2O6/c1-23(2,3)32-17-21(29)27(16-19-8-10-20(31-7)11-9-19)25(18-28)12-14-26(15-13-25)22(30)33-24(4,5)6/h8-11,18H,12-17H2,1-7H3. The Morgan fingerprint density at radius 2 is 1.61 bits per heavy atom. The highest BCUT2D eigenvalue weighted by Gasteiger charge is 2.44. The van der Waals surface area contributed by atoms with Crippen molar-refractivity contribution < 1.29 is 28.6 Å². The summed E-state index contributed by atoms with van der Waals surface area (Å²) in [5.74, 6) is 0.446. The summed E-state index contributed by atoms with van der Waals surface area (Å²) in [5.41, 5.74) is -1.25. The van der Waals surface area contributed by atoms with E-state index >= 15 is 0 Å². The molecule has 0 saturated carbocycles. The summed E-state index contributed by atoms with van der Waals surface area (Å²) in [6.45, 7) is 11.8. The maximum absolute atomic E-state index is 13.3. The summed E-state index contributed by atoms with van der Waals surface area (Å²) in [6, 6.07) is 7.39. The molecule has 1 heterocycles. The number of aldehydes is 1. The van der Waals surface area contributed by atoms with Crippen molar-refractivity contribution in [2.45, 2.75) is 77.7 Å². The van der Waals surface area contributed by atoms with Gasteiger partial charge in [-0.05, 0) is 72.1 Å². The Balaban J connectivity index is 2.24. The zero-order valence-electron chi connectivity index (χ0n) is 21.0. The van der Waals surface area contributed by atoms with Gasteiger partial charge in [-0.1, -0.05) is 12.1 Å². The Labute approximate surface area is 197 Å². The van der Waals surface area contributed by atoms with Crippen LogP contribution in [0.15, 0.2) is 24.3 Å². The molecule has 8 nitrogen and oxygen atoms in total. The molecule has 8 heteroatoms. The van der Waals surface area contributed by atoms with E-state index in [1.54, 1.807) is 16.9 Å². The van der Waals surface area contributed by atoms with Crippen molar-refractivity contribution in [2.24, 2.45) is 0 Å². The summed E-state index contributed by atoms with van der Waals surface area (Å²) >= 11 is 0. The van der Waals surface area contributed by atoms with Gasteiger partial charge in [-0.15, -0.1) is 0 Å². The molecule has 184 valence electrons. The van der Waals surface area contributed by atoms with Gasteiger partial charge in [0.15, 0.2) is 0 Å². The number of carbonyl (C=O) groups is 3. The molecule has 0 bridgehead atoms. The zero-order chi connectivity index (χ0) is 24.9. The van der Waals surface area contributed by atoms with Gasteiger partial charge in [0.1, 0.15) is 29.8 Å². The van der Waals surface area contributed by atoms with Crippen LogP contribution < -0.4 is 4.74 Å². The fourth-order valence-corrected chi connectivity index (χ4v) is 3.62. The first-order valence-electron chi connectivity index (χ1n) is 11.3. The molecule has 1 aliphatic rings. The topological polar surface area (TPSA) is 85.4 Å². The summed E-state index contributed by atoms with van der Waals surface area (Å²) in [4.78, 5) is 41.4. The predicted octanol–water partition coefficient (Wildman–Crippen LogP) is 3.81. The highest BCUT2D eigenvalue weighted by Crippen LogP contribution is 2.30. The number of amides is 2.